The summed E-state index contributed by atoms with van der Waals surface area (Å²) in [4.78, 5) is 40.3. The van der Waals surface area contributed by atoms with Crippen molar-refractivity contribution in [2.45, 2.75) is 44.4 Å². The van der Waals surface area contributed by atoms with Crippen LogP contribution in [-0.4, -0.2) is 40.2 Å². The molecule has 0 unspecified atom stereocenters. The number of aromatic nitrogens is 1. The predicted octanol–water partition coefficient (Wildman–Crippen LogP) is 6.44. The van der Waals surface area contributed by atoms with Gasteiger partial charge in [-0.05, 0) is 73.7 Å². The number of alkyl carbamates (subject to hydrolysis) is 1. The molecule has 4 aromatic rings. The third-order valence-electron chi connectivity index (χ3n) is 6.96. The molecule has 1 saturated carbocycles. The topological polar surface area (TPSA) is 136 Å². The van der Waals surface area contributed by atoms with Crippen LogP contribution in [0.15, 0.2) is 97.2 Å². The minimum absolute atomic E-state index is 0.00220. The van der Waals surface area contributed by atoms with Crippen molar-refractivity contribution in [3.8, 4) is 17.4 Å². The van der Waals surface area contributed by atoms with E-state index in [1.54, 1.807) is 36.4 Å². The van der Waals surface area contributed by atoms with Gasteiger partial charge in [0.25, 0.3) is 5.91 Å². The van der Waals surface area contributed by atoms with Crippen molar-refractivity contribution >= 4 is 23.7 Å². The number of hydrogen-bond acceptors (Lipinski definition) is 7. The van der Waals surface area contributed by atoms with Gasteiger partial charge in [0.15, 0.2) is 0 Å². The standard InChI is InChI=1S/C33H31N3O7/c37-31(36-29-9-5-4-8-28(29)32(38)39)23-10-19-30(34-20-23)43-27-17-15-26(16-18-27)42-25-13-11-24(12-14-25)35-33(40)41-21-22-6-2-1-3-7-22/h1-10,15-20,24-25H,11-14,21H2,(H,35,40)(H,36,37)(H,38,39). The van der Waals surface area contributed by atoms with Crippen molar-refractivity contribution in [3.63, 3.8) is 0 Å². The van der Waals surface area contributed by atoms with Crippen LogP contribution in [0.25, 0.3) is 0 Å². The Kier molecular flexibility index (Phi) is 9.48. The molecular formula is C33H31N3O7. The Labute approximate surface area is 248 Å². The summed E-state index contributed by atoms with van der Waals surface area (Å²) in [6.45, 7) is 0.245. The lowest BCUT2D eigenvalue weighted by Crippen LogP contribution is -2.39. The van der Waals surface area contributed by atoms with Gasteiger partial charge in [-0.1, -0.05) is 42.5 Å². The Balaban J connectivity index is 1.05. The van der Waals surface area contributed by atoms with Crippen molar-refractivity contribution in [2.24, 2.45) is 0 Å². The van der Waals surface area contributed by atoms with Gasteiger partial charge < -0.3 is 30.0 Å². The number of rotatable bonds is 10. The van der Waals surface area contributed by atoms with E-state index < -0.39 is 18.0 Å². The second-order valence-corrected chi connectivity index (χ2v) is 10.1. The van der Waals surface area contributed by atoms with Crippen molar-refractivity contribution in [3.05, 3.63) is 114 Å². The Hall–Kier alpha value is -5.38. The molecule has 1 aliphatic carbocycles. The first-order valence-electron chi connectivity index (χ1n) is 13.9. The molecule has 1 aliphatic rings. The third-order valence-corrected chi connectivity index (χ3v) is 6.96. The number of nitrogens with zero attached hydrogens (tertiary/aromatic N) is 1. The molecule has 3 aromatic carbocycles. The molecule has 0 saturated heterocycles. The first-order chi connectivity index (χ1) is 20.9. The van der Waals surface area contributed by atoms with E-state index in [-0.39, 0.29) is 35.6 Å². The van der Waals surface area contributed by atoms with E-state index in [0.29, 0.717) is 17.4 Å². The molecule has 0 radical (unpaired) electrons. The molecule has 1 fully saturated rings. The molecule has 2 amide bonds. The van der Waals surface area contributed by atoms with Crippen LogP contribution < -0.4 is 20.1 Å². The second-order valence-electron chi connectivity index (χ2n) is 10.1. The van der Waals surface area contributed by atoms with Gasteiger partial charge in [-0.3, -0.25) is 4.79 Å². The van der Waals surface area contributed by atoms with Gasteiger partial charge in [0, 0.05) is 18.3 Å². The van der Waals surface area contributed by atoms with Crippen LogP contribution in [0.5, 0.6) is 17.4 Å². The maximum Gasteiger partial charge on any atom is 0.407 e. The quantitative estimate of drug-likeness (QED) is 0.195. The number of nitrogens with one attached hydrogen (secondary N) is 2. The lowest BCUT2D eigenvalue weighted by Gasteiger charge is -2.29. The molecule has 0 atom stereocenters. The highest BCUT2D eigenvalue weighted by molar-refractivity contribution is 6.07. The molecule has 10 heteroatoms. The van der Waals surface area contributed by atoms with Crippen LogP contribution in [0, 0.1) is 0 Å². The van der Waals surface area contributed by atoms with Crippen molar-refractivity contribution < 1.29 is 33.7 Å². The van der Waals surface area contributed by atoms with Gasteiger partial charge in [0.2, 0.25) is 5.88 Å². The molecule has 1 heterocycles. The number of hydrogen-bond donors (Lipinski definition) is 3. The van der Waals surface area contributed by atoms with Gasteiger partial charge in [-0.25, -0.2) is 14.6 Å². The molecule has 3 N–H and O–H groups in total. The zero-order valence-corrected chi connectivity index (χ0v) is 23.3. The van der Waals surface area contributed by atoms with Gasteiger partial charge >= 0.3 is 12.1 Å². The normalized spacial score (nSPS) is 16.0. The largest absolute Gasteiger partial charge is 0.490 e. The molecule has 10 nitrogen and oxygen atoms in total. The molecule has 0 spiro atoms. The first-order valence-corrected chi connectivity index (χ1v) is 13.9. The maximum absolute atomic E-state index is 12.6. The Morgan fingerprint density at radius 2 is 1.51 bits per heavy atom. The predicted molar refractivity (Wildman–Crippen MR) is 159 cm³/mol. The fraction of sp³-hybridized carbons (Fsp3) is 0.212. The van der Waals surface area contributed by atoms with Crippen LogP contribution in [0.2, 0.25) is 0 Å². The van der Waals surface area contributed by atoms with Crippen LogP contribution in [0.4, 0.5) is 10.5 Å². The minimum Gasteiger partial charge on any atom is -0.490 e. The average Bonchev–Trinajstić information content (AvgIpc) is 3.03. The van der Waals surface area contributed by atoms with Gasteiger partial charge in [-0.15, -0.1) is 0 Å². The van der Waals surface area contributed by atoms with Crippen molar-refractivity contribution in [1.29, 1.82) is 0 Å². The van der Waals surface area contributed by atoms with E-state index in [1.807, 2.05) is 42.5 Å². The zero-order chi connectivity index (χ0) is 30.0. The number of carbonyl (C=O) groups is 3. The SMILES string of the molecule is O=C(NC1CCC(Oc2ccc(Oc3ccc(C(=O)Nc4ccccc4C(=O)O)cn3)cc2)CC1)OCc1ccccc1. The van der Waals surface area contributed by atoms with E-state index >= 15 is 0 Å². The summed E-state index contributed by atoms with van der Waals surface area (Å²) >= 11 is 0. The summed E-state index contributed by atoms with van der Waals surface area (Å²) in [6, 6.07) is 26.1. The molecule has 0 bridgehead atoms. The molecule has 5 rings (SSSR count). The number of amides is 2. The molecule has 0 aliphatic heterocycles. The molecule has 1 aromatic heterocycles. The number of aromatic carboxylic acids is 1. The van der Waals surface area contributed by atoms with Gasteiger partial charge in [-0.2, -0.15) is 0 Å². The Morgan fingerprint density at radius 3 is 2.21 bits per heavy atom. The fourth-order valence-corrected chi connectivity index (χ4v) is 4.70. The zero-order valence-electron chi connectivity index (χ0n) is 23.3. The summed E-state index contributed by atoms with van der Waals surface area (Å²) in [5.41, 5.74) is 1.40. The number of anilines is 1. The number of carboxylic acid groups (broad SMARTS) is 1. The van der Waals surface area contributed by atoms with Crippen LogP contribution in [0.1, 0.15) is 52.0 Å². The van der Waals surface area contributed by atoms with Crippen LogP contribution in [-0.2, 0) is 11.3 Å². The summed E-state index contributed by atoms with van der Waals surface area (Å²) < 4.78 is 17.3. The van der Waals surface area contributed by atoms with Gasteiger partial charge in [0.05, 0.1) is 22.9 Å². The number of para-hydroxylation sites is 1. The molecular weight excluding hydrogens is 550 g/mol. The Morgan fingerprint density at radius 1 is 0.814 bits per heavy atom. The van der Waals surface area contributed by atoms with E-state index in [4.69, 9.17) is 14.2 Å². The highest BCUT2D eigenvalue weighted by Crippen LogP contribution is 2.27. The monoisotopic (exact) mass is 581 g/mol. The second kappa shape index (κ2) is 14.0. The summed E-state index contributed by atoms with van der Waals surface area (Å²) in [5.74, 6) is -0.0545. The lowest BCUT2D eigenvalue weighted by molar-refractivity contribution is 0.0698. The number of pyridine rings is 1. The van der Waals surface area contributed by atoms with E-state index in [9.17, 15) is 19.5 Å². The van der Waals surface area contributed by atoms with E-state index in [0.717, 1.165) is 31.2 Å². The summed E-state index contributed by atoms with van der Waals surface area (Å²) in [6.07, 6.45) is 4.24. The van der Waals surface area contributed by atoms with Gasteiger partial charge in [0.1, 0.15) is 18.1 Å². The number of carboxylic acids is 1. The Bertz CT molecular complexity index is 1540. The van der Waals surface area contributed by atoms with E-state index in [1.165, 1.54) is 18.3 Å². The molecule has 43 heavy (non-hydrogen) atoms. The van der Waals surface area contributed by atoms with E-state index in [2.05, 4.69) is 15.6 Å². The van der Waals surface area contributed by atoms with Crippen LogP contribution in [0.3, 0.4) is 0 Å². The fourth-order valence-electron chi connectivity index (χ4n) is 4.70. The smallest absolute Gasteiger partial charge is 0.407 e. The third kappa shape index (κ3) is 8.32. The highest BCUT2D eigenvalue weighted by atomic mass is 16.5. The molecule has 220 valence electrons. The maximum atomic E-state index is 12.6. The van der Waals surface area contributed by atoms with Crippen molar-refractivity contribution in [2.75, 3.05) is 5.32 Å². The summed E-state index contributed by atoms with van der Waals surface area (Å²) in [5, 5.41) is 14.8. The number of benzene rings is 3. The summed E-state index contributed by atoms with van der Waals surface area (Å²) in [7, 11) is 0. The average molecular weight is 582 g/mol. The van der Waals surface area contributed by atoms with Crippen LogP contribution >= 0.6 is 0 Å². The minimum atomic E-state index is -1.13. The highest BCUT2D eigenvalue weighted by Gasteiger charge is 2.24. The number of ether oxygens (including phenoxy) is 3. The lowest BCUT2D eigenvalue weighted by atomic mass is 9.93. The first kappa shape index (κ1) is 29.1. The van der Waals surface area contributed by atoms with Crippen molar-refractivity contribution in [1.82, 2.24) is 10.3 Å². The number of carbonyl (C=O) groups excluding carboxylic acids is 2.